The van der Waals surface area contributed by atoms with Gasteiger partial charge in [-0.05, 0) is 42.0 Å². The molecule has 112 valence electrons. The number of amides is 2. The molecule has 2 aliphatic heterocycles. The van der Waals surface area contributed by atoms with E-state index in [2.05, 4.69) is 6.92 Å². The molecule has 1 aromatic rings. The number of hydrogen-bond acceptors (Lipinski definition) is 2. The Bertz CT molecular complexity index is 585. The van der Waals surface area contributed by atoms with Gasteiger partial charge in [0.1, 0.15) is 0 Å². The molecule has 1 N–H and O–H groups in total. The number of carbonyl (C=O) groups is 2. The fourth-order valence-corrected chi connectivity index (χ4v) is 3.23. The van der Waals surface area contributed by atoms with E-state index < -0.39 is 5.97 Å². The first kappa shape index (κ1) is 13.9. The van der Waals surface area contributed by atoms with E-state index in [0.717, 1.165) is 30.6 Å². The molecule has 0 aromatic heterocycles. The third-order valence-electron chi connectivity index (χ3n) is 4.37. The van der Waals surface area contributed by atoms with Gasteiger partial charge >= 0.3 is 12.0 Å². The van der Waals surface area contributed by atoms with E-state index in [1.165, 1.54) is 6.42 Å². The summed E-state index contributed by atoms with van der Waals surface area (Å²) >= 11 is 0. The third-order valence-corrected chi connectivity index (χ3v) is 4.37. The van der Waals surface area contributed by atoms with Crippen molar-refractivity contribution in [2.45, 2.75) is 32.9 Å². The number of carboxylic acids is 1. The highest BCUT2D eigenvalue weighted by Crippen LogP contribution is 2.26. The lowest BCUT2D eigenvalue weighted by molar-refractivity contribution is 0.0696. The number of rotatable bonds is 1. The van der Waals surface area contributed by atoms with Gasteiger partial charge in [-0.3, -0.25) is 0 Å². The number of urea groups is 1. The molecule has 1 unspecified atom stereocenters. The Labute approximate surface area is 124 Å². The number of carboxylic acid groups (broad SMARTS) is 1. The number of benzene rings is 1. The van der Waals surface area contributed by atoms with E-state index >= 15 is 0 Å². The highest BCUT2D eigenvalue weighted by molar-refractivity contribution is 5.88. The fourth-order valence-electron chi connectivity index (χ4n) is 3.23. The van der Waals surface area contributed by atoms with E-state index in [9.17, 15) is 9.59 Å². The number of nitrogens with zero attached hydrogens (tertiary/aromatic N) is 2. The molecule has 2 heterocycles. The molecule has 1 saturated heterocycles. The average Bonchev–Trinajstić information content (AvgIpc) is 2.89. The van der Waals surface area contributed by atoms with Crippen molar-refractivity contribution in [3.05, 3.63) is 34.9 Å². The molecule has 1 fully saturated rings. The van der Waals surface area contributed by atoms with Crippen LogP contribution in [0.4, 0.5) is 4.79 Å². The van der Waals surface area contributed by atoms with E-state index in [4.69, 9.17) is 5.11 Å². The van der Waals surface area contributed by atoms with Crippen molar-refractivity contribution < 1.29 is 14.7 Å². The maximum Gasteiger partial charge on any atom is 0.335 e. The Morgan fingerprint density at radius 1 is 1.19 bits per heavy atom. The van der Waals surface area contributed by atoms with Crippen molar-refractivity contribution >= 4 is 12.0 Å². The molecule has 3 rings (SSSR count). The highest BCUT2D eigenvalue weighted by Gasteiger charge is 2.29. The van der Waals surface area contributed by atoms with E-state index in [1.807, 2.05) is 15.9 Å². The van der Waals surface area contributed by atoms with Gasteiger partial charge in [0.05, 0.1) is 5.56 Å². The smallest absolute Gasteiger partial charge is 0.335 e. The number of carbonyl (C=O) groups excluding carboxylic acids is 1. The summed E-state index contributed by atoms with van der Waals surface area (Å²) in [5.41, 5.74) is 2.29. The van der Waals surface area contributed by atoms with Crippen LogP contribution >= 0.6 is 0 Å². The predicted molar refractivity (Wildman–Crippen MR) is 78.0 cm³/mol. The lowest BCUT2D eigenvalue weighted by Crippen LogP contribution is -2.45. The average molecular weight is 288 g/mol. The van der Waals surface area contributed by atoms with E-state index in [1.54, 1.807) is 12.1 Å². The van der Waals surface area contributed by atoms with E-state index in [-0.39, 0.29) is 11.6 Å². The van der Waals surface area contributed by atoms with Crippen LogP contribution in [0.1, 0.15) is 41.3 Å². The van der Waals surface area contributed by atoms with Crippen molar-refractivity contribution in [2.24, 2.45) is 5.92 Å². The lowest BCUT2D eigenvalue weighted by atomic mass is 10.0. The number of hydrogen-bond donors (Lipinski definition) is 1. The van der Waals surface area contributed by atoms with Gasteiger partial charge in [0.25, 0.3) is 0 Å². The van der Waals surface area contributed by atoms with Crippen molar-refractivity contribution in [2.75, 3.05) is 13.1 Å². The van der Waals surface area contributed by atoms with Gasteiger partial charge in [-0.1, -0.05) is 13.0 Å². The molecule has 21 heavy (non-hydrogen) atoms. The van der Waals surface area contributed by atoms with Crippen LogP contribution in [-0.2, 0) is 13.1 Å². The Kier molecular flexibility index (Phi) is 3.57. The zero-order valence-corrected chi connectivity index (χ0v) is 12.2. The normalized spacial score (nSPS) is 21.3. The van der Waals surface area contributed by atoms with Gasteiger partial charge in [-0.25, -0.2) is 9.59 Å². The minimum atomic E-state index is -0.924. The maximum atomic E-state index is 12.6. The van der Waals surface area contributed by atoms with Crippen LogP contribution in [0.3, 0.4) is 0 Å². The molecule has 1 atom stereocenters. The van der Waals surface area contributed by atoms with Crippen LogP contribution in [0.5, 0.6) is 0 Å². The molecule has 2 amide bonds. The summed E-state index contributed by atoms with van der Waals surface area (Å²) in [4.78, 5) is 27.3. The summed E-state index contributed by atoms with van der Waals surface area (Å²) < 4.78 is 0. The van der Waals surface area contributed by atoms with Crippen LogP contribution in [0.2, 0.25) is 0 Å². The van der Waals surface area contributed by atoms with Gasteiger partial charge < -0.3 is 14.9 Å². The van der Waals surface area contributed by atoms with Crippen LogP contribution in [0.25, 0.3) is 0 Å². The first-order valence-electron chi connectivity index (χ1n) is 7.43. The molecule has 0 aliphatic carbocycles. The number of piperidine rings is 1. The van der Waals surface area contributed by atoms with Crippen LogP contribution in [0.15, 0.2) is 18.2 Å². The molecule has 5 heteroatoms. The Morgan fingerprint density at radius 2 is 1.95 bits per heavy atom. The quantitative estimate of drug-likeness (QED) is 0.864. The number of fused-ring (bicyclic) bond motifs is 1. The zero-order valence-electron chi connectivity index (χ0n) is 12.2. The molecule has 2 aliphatic rings. The monoisotopic (exact) mass is 288 g/mol. The molecular weight excluding hydrogens is 268 g/mol. The Balaban J connectivity index is 1.72. The highest BCUT2D eigenvalue weighted by atomic mass is 16.4. The Morgan fingerprint density at radius 3 is 2.67 bits per heavy atom. The van der Waals surface area contributed by atoms with Crippen molar-refractivity contribution in [3.63, 3.8) is 0 Å². The molecule has 0 bridgehead atoms. The Hall–Kier alpha value is -2.04. The molecule has 5 nitrogen and oxygen atoms in total. The SMILES string of the molecule is CC1CCCN(C(=O)N2Cc3ccc(C(=O)O)cc3C2)C1. The first-order valence-corrected chi connectivity index (χ1v) is 7.43. The van der Waals surface area contributed by atoms with Crippen LogP contribution < -0.4 is 0 Å². The van der Waals surface area contributed by atoms with Gasteiger partial charge in [0, 0.05) is 26.2 Å². The summed E-state index contributed by atoms with van der Waals surface area (Å²) in [5, 5.41) is 9.04. The van der Waals surface area contributed by atoms with Crippen LogP contribution in [-0.4, -0.2) is 40.0 Å². The van der Waals surface area contributed by atoms with Gasteiger partial charge in [0.2, 0.25) is 0 Å². The van der Waals surface area contributed by atoms with Gasteiger partial charge in [-0.15, -0.1) is 0 Å². The van der Waals surface area contributed by atoms with Crippen molar-refractivity contribution in [1.29, 1.82) is 0 Å². The second kappa shape index (κ2) is 5.39. The molecular formula is C16H20N2O3. The summed E-state index contributed by atoms with van der Waals surface area (Å²) in [7, 11) is 0. The molecule has 0 radical (unpaired) electrons. The minimum absolute atomic E-state index is 0.0784. The summed E-state index contributed by atoms with van der Waals surface area (Å²) in [5.74, 6) is -0.362. The predicted octanol–water partition coefficient (Wildman–Crippen LogP) is 2.55. The second-order valence-electron chi connectivity index (χ2n) is 6.12. The first-order chi connectivity index (χ1) is 10.0. The second-order valence-corrected chi connectivity index (χ2v) is 6.12. The summed E-state index contributed by atoms with van der Waals surface area (Å²) in [6, 6.07) is 5.20. The number of aromatic carboxylic acids is 1. The minimum Gasteiger partial charge on any atom is -0.478 e. The summed E-state index contributed by atoms with van der Waals surface area (Å²) in [6.45, 7) is 4.93. The summed E-state index contributed by atoms with van der Waals surface area (Å²) in [6.07, 6.45) is 2.25. The standard InChI is InChI=1S/C16H20N2O3/c1-11-3-2-6-17(8-11)16(21)18-9-13-5-4-12(15(19)20)7-14(13)10-18/h4-5,7,11H,2-3,6,8-10H2,1H3,(H,19,20). The van der Waals surface area contributed by atoms with Crippen molar-refractivity contribution in [1.82, 2.24) is 9.80 Å². The zero-order chi connectivity index (χ0) is 15.0. The maximum absolute atomic E-state index is 12.6. The van der Waals surface area contributed by atoms with Gasteiger partial charge in [0.15, 0.2) is 0 Å². The third kappa shape index (κ3) is 2.73. The van der Waals surface area contributed by atoms with Gasteiger partial charge in [-0.2, -0.15) is 0 Å². The molecule has 0 saturated carbocycles. The van der Waals surface area contributed by atoms with Crippen molar-refractivity contribution in [3.8, 4) is 0 Å². The van der Waals surface area contributed by atoms with Crippen LogP contribution in [0, 0.1) is 5.92 Å². The number of likely N-dealkylation sites (tertiary alicyclic amines) is 1. The molecule has 0 spiro atoms. The fraction of sp³-hybridized carbons (Fsp3) is 0.500. The molecule has 1 aromatic carbocycles. The topological polar surface area (TPSA) is 60.9 Å². The lowest BCUT2D eigenvalue weighted by Gasteiger charge is -2.33. The largest absolute Gasteiger partial charge is 0.478 e. The van der Waals surface area contributed by atoms with E-state index in [0.29, 0.717) is 19.0 Å².